The Hall–Kier alpha value is -2.31. The highest BCUT2D eigenvalue weighted by Crippen LogP contribution is 2.31. The largest absolute Gasteiger partial charge is 0.363 e. The van der Waals surface area contributed by atoms with Crippen LogP contribution in [0.3, 0.4) is 0 Å². The number of rotatable bonds is 4. The van der Waals surface area contributed by atoms with Crippen molar-refractivity contribution < 1.29 is 13.9 Å². The zero-order chi connectivity index (χ0) is 18.7. The molecule has 2 saturated heterocycles. The molecule has 1 aromatic carbocycles. The van der Waals surface area contributed by atoms with Gasteiger partial charge in [0.25, 0.3) is 0 Å². The molecule has 6 heteroatoms. The van der Waals surface area contributed by atoms with E-state index in [1.807, 2.05) is 35.2 Å². The molecule has 5 nitrogen and oxygen atoms in total. The molecule has 2 aliphatic rings. The van der Waals surface area contributed by atoms with Gasteiger partial charge >= 0.3 is 0 Å². The van der Waals surface area contributed by atoms with Crippen LogP contribution in [0.1, 0.15) is 24.1 Å². The number of ether oxygens (including phenoxy) is 1. The van der Waals surface area contributed by atoms with Crippen molar-refractivity contribution in [2.75, 3.05) is 26.2 Å². The third-order valence-electron chi connectivity index (χ3n) is 5.50. The van der Waals surface area contributed by atoms with Crippen LogP contribution >= 0.6 is 0 Å². The Morgan fingerprint density at radius 3 is 2.56 bits per heavy atom. The number of benzene rings is 1. The molecule has 0 unspecified atom stereocenters. The maximum Gasteiger partial charge on any atom is 0.249 e. The fraction of sp³-hybridized carbons (Fsp3) is 0.429. The van der Waals surface area contributed by atoms with Gasteiger partial charge in [-0.25, -0.2) is 4.39 Å². The van der Waals surface area contributed by atoms with Gasteiger partial charge in [0.2, 0.25) is 5.91 Å². The van der Waals surface area contributed by atoms with E-state index >= 15 is 0 Å². The zero-order valence-corrected chi connectivity index (χ0v) is 15.3. The van der Waals surface area contributed by atoms with Crippen molar-refractivity contribution in [2.45, 2.75) is 31.5 Å². The van der Waals surface area contributed by atoms with Crippen molar-refractivity contribution in [3.8, 4) is 0 Å². The van der Waals surface area contributed by atoms with Gasteiger partial charge in [-0.3, -0.25) is 14.7 Å². The van der Waals surface area contributed by atoms with E-state index in [4.69, 9.17) is 4.74 Å². The number of nitrogens with zero attached hydrogens (tertiary/aromatic N) is 3. The standard InChI is InChI=1S/C21H24FN3O2/c22-18-6-4-17(5-7-18)13-24-11-8-21(9-12-24)16-25(20(26)15-27-21)14-19-3-1-2-10-23-19/h1-7,10H,8-9,11-16H2. The van der Waals surface area contributed by atoms with Crippen molar-refractivity contribution in [1.82, 2.24) is 14.8 Å². The molecular weight excluding hydrogens is 345 g/mol. The van der Waals surface area contributed by atoms with Crippen LogP contribution < -0.4 is 0 Å². The molecule has 0 bridgehead atoms. The first kappa shape index (κ1) is 18.1. The molecule has 1 spiro atoms. The van der Waals surface area contributed by atoms with Gasteiger partial charge < -0.3 is 9.64 Å². The molecule has 2 aliphatic heterocycles. The Labute approximate surface area is 158 Å². The minimum atomic E-state index is -0.262. The van der Waals surface area contributed by atoms with Crippen molar-refractivity contribution in [3.63, 3.8) is 0 Å². The summed E-state index contributed by atoms with van der Waals surface area (Å²) in [5, 5.41) is 0. The Morgan fingerprint density at radius 1 is 1.07 bits per heavy atom. The number of hydrogen-bond donors (Lipinski definition) is 0. The first-order valence-corrected chi connectivity index (χ1v) is 9.40. The minimum Gasteiger partial charge on any atom is -0.363 e. The van der Waals surface area contributed by atoms with E-state index in [0.717, 1.165) is 43.7 Å². The first-order chi connectivity index (χ1) is 13.1. The normalized spacial score (nSPS) is 20.2. The van der Waals surface area contributed by atoms with Gasteiger partial charge in [0, 0.05) is 25.8 Å². The third kappa shape index (κ3) is 4.34. The molecule has 0 atom stereocenters. The number of amides is 1. The first-order valence-electron chi connectivity index (χ1n) is 9.40. The molecule has 0 N–H and O–H groups in total. The second-order valence-corrected chi connectivity index (χ2v) is 7.45. The number of morpholine rings is 1. The summed E-state index contributed by atoms with van der Waals surface area (Å²) in [6.45, 7) is 3.92. The topological polar surface area (TPSA) is 45.7 Å². The Kier molecular flexibility index (Phi) is 5.18. The number of hydrogen-bond acceptors (Lipinski definition) is 4. The average molecular weight is 369 g/mol. The predicted molar refractivity (Wildman–Crippen MR) is 99.2 cm³/mol. The van der Waals surface area contributed by atoms with Crippen molar-refractivity contribution in [2.24, 2.45) is 0 Å². The van der Waals surface area contributed by atoms with Gasteiger partial charge in [0.1, 0.15) is 12.4 Å². The SMILES string of the molecule is O=C1COC2(CCN(Cc3ccc(F)cc3)CC2)CN1Cc1ccccn1. The van der Waals surface area contributed by atoms with Gasteiger partial charge in [-0.2, -0.15) is 0 Å². The number of halogens is 1. The molecule has 0 saturated carbocycles. The average Bonchev–Trinajstić information content (AvgIpc) is 2.69. The summed E-state index contributed by atoms with van der Waals surface area (Å²) in [5.41, 5.74) is 1.75. The fourth-order valence-electron chi connectivity index (χ4n) is 3.89. The number of aromatic nitrogens is 1. The molecule has 0 radical (unpaired) electrons. The molecule has 2 aromatic rings. The lowest BCUT2D eigenvalue weighted by Crippen LogP contribution is -2.58. The van der Waals surface area contributed by atoms with Crippen LogP contribution in [0.25, 0.3) is 0 Å². The van der Waals surface area contributed by atoms with Gasteiger partial charge in [-0.15, -0.1) is 0 Å². The lowest BCUT2D eigenvalue weighted by atomic mass is 9.89. The smallest absolute Gasteiger partial charge is 0.249 e. The lowest BCUT2D eigenvalue weighted by molar-refractivity contribution is -0.172. The van der Waals surface area contributed by atoms with Gasteiger partial charge in [-0.05, 0) is 42.7 Å². The number of carbonyl (C=O) groups is 1. The molecule has 142 valence electrons. The van der Waals surface area contributed by atoms with Crippen molar-refractivity contribution in [1.29, 1.82) is 0 Å². The number of pyridine rings is 1. The summed E-state index contributed by atoms with van der Waals surface area (Å²) in [7, 11) is 0. The zero-order valence-electron chi connectivity index (χ0n) is 15.3. The Morgan fingerprint density at radius 2 is 1.85 bits per heavy atom. The monoisotopic (exact) mass is 369 g/mol. The van der Waals surface area contributed by atoms with Crippen LogP contribution in [0.4, 0.5) is 4.39 Å². The van der Waals surface area contributed by atoms with E-state index in [-0.39, 0.29) is 23.9 Å². The Bertz CT molecular complexity index is 774. The summed E-state index contributed by atoms with van der Waals surface area (Å²) in [6.07, 6.45) is 3.53. The van der Waals surface area contributed by atoms with Crippen LogP contribution in [0.15, 0.2) is 48.7 Å². The summed E-state index contributed by atoms with van der Waals surface area (Å²) < 4.78 is 19.1. The Balaban J connectivity index is 1.35. The highest BCUT2D eigenvalue weighted by Gasteiger charge is 2.42. The van der Waals surface area contributed by atoms with Gasteiger partial charge in [0.15, 0.2) is 0 Å². The lowest BCUT2D eigenvalue weighted by Gasteiger charge is -2.47. The molecule has 1 amide bonds. The van der Waals surface area contributed by atoms with E-state index in [1.165, 1.54) is 12.1 Å². The molecular formula is C21H24FN3O2. The second-order valence-electron chi connectivity index (χ2n) is 7.45. The molecule has 1 aromatic heterocycles. The molecule has 4 rings (SSSR count). The van der Waals surface area contributed by atoms with Crippen molar-refractivity contribution in [3.05, 3.63) is 65.7 Å². The predicted octanol–water partition coefficient (Wildman–Crippen LogP) is 2.61. The second kappa shape index (κ2) is 7.74. The van der Waals surface area contributed by atoms with Crippen LogP contribution in [0.5, 0.6) is 0 Å². The number of likely N-dealkylation sites (tertiary alicyclic amines) is 1. The fourth-order valence-corrected chi connectivity index (χ4v) is 3.89. The summed E-state index contributed by atoms with van der Waals surface area (Å²) in [6, 6.07) is 12.5. The number of piperidine rings is 1. The minimum absolute atomic E-state index is 0.0278. The van der Waals surface area contributed by atoms with Crippen molar-refractivity contribution >= 4 is 5.91 Å². The molecule has 3 heterocycles. The summed E-state index contributed by atoms with van der Waals surface area (Å²) in [5.74, 6) is -0.176. The highest BCUT2D eigenvalue weighted by molar-refractivity contribution is 5.78. The highest BCUT2D eigenvalue weighted by atomic mass is 19.1. The van der Waals surface area contributed by atoms with E-state index in [1.54, 1.807) is 6.20 Å². The molecule has 0 aliphatic carbocycles. The van der Waals surface area contributed by atoms with Crippen LogP contribution in [0, 0.1) is 5.82 Å². The molecule has 2 fully saturated rings. The van der Waals surface area contributed by atoms with E-state index in [0.29, 0.717) is 13.1 Å². The van der Waals surface area contributed by atoms with Gasteiger partial charge in [0.05, 0.1) is 24.4 Å². The van der Waals surface area contributed by atoms with E-state index < -0.39 is 0 Å². The summed E-state index contributed by atoms with van der Waals surface area (Å²) in [4.78, 5) is 20.9. The maximum absolute atomic E-state index is 13.1. The van der Waals surface area contributed by atoms with Crippen LogP contribution in [-0.2, 0) is 22.6 Å². The summed E-state index contributed by atoms with van der Waals surface area (Å²) >= 11 is 0. The van der Waals surface area contributed by atoms with Crippen LogP contribution in [0.2, 0.25) is 0 Å². The van der Waals surface area contributed by atoms with Gasteiger partial charge in [-0.1, -0.05) is 18.2 Å². The van der Waals surface area contributed by atoms with E-state index in [2.05, 4.69) is 9.88 Å². The quantitative estimate of drug-likeness (QED) is 0.831. The van der Waals surface area contributed by atoms with E-state index in [9.17, 15) is 9.18 Å². The number of carbonyl (C=O) groups excluding carboxylic acids is 1. The maximum atomic E-state index is 13.1. The molecule has 27 heavy (non-hydrogen) atoms. The third-order valence-corrected chi connectivity index (χ3v) is 5.50. The van der Waals surface area contributed by atoms with Crippen LogP contribution in [-0.4, -0.2) is 52.5 Å².